The van der Waals surface area contributed by atoms with E-state index in [2.05, 4.69) is 33.5 Å². The van der Waals surface area contributed by atoms with Gasteiger partial charge in [-0.2, -0.15) is 0 Å². The normalized spacial score (nSPS) is 19.0. The average molecular weight is 336 g/mol. The number of nitrogens with one attached hydrogen (secondary N) is 2. The minimum Gasteiger partial charge on any atom is -0.468 e. The molecule has 1 saturated heterocycles. The minimum absolute atomic E-state index is 0.158. The Hall–Kier alpha value is -1.53. The molecule has 0 aliphatic carbocycles. The summed E-state index contributed by atoms with van der Waals surface area (Å²) in [7, 11) is 0. The van der Waals surface area contributed by atoms with Crippen LogP contribution in [0.1, 0.15) is 44.9 Å². The molecule has 2 rings (SSSR count). The molecule has 0 bridgehead atoms. The van der Waals surface area contributed by atoms with E-state index >= 15 is 0 Å². The summed E-state index contributed by atoms with van der Waals surface area (Å²) < 4.78 is 5.68. The summed E-state index contributed by atoms with van der Waals surface area (Å²) in [5, 5.41) is 15.9. The minimum atomic E-state index is 0.158. The molecular formula is C18H32N4O2. The third kappa shape index (κ3) is 5.83. The van der Waals surface area contributed by atoms with E-state index in [9.17, 15) is 0 Å². The zero-order valence-corrected chi connectivity index (χ0v) is 15.0. The molecule has 0 aromatic carbocycles. The fraction of sp³-hybridized carbons (Fsp3) is 0.722. The van der Waals surface area contributed by atoms with Gasteiger partial charge in [-0.05, 0) is 50.9 Å². The number of rotatable bonds is 8. The van der Waals surface area contributed by atoms with Crippen molar-refractivity contribution in [1.29, 1.82) is 0 Å². The zero-order chi connectivity index (χ0) is 17.2. The molecule has 1 aromatic rings. The van der Waals surface area contributed by atoms with Crippen LogP contribution in [0, 0.1) is 5.92 Å². The van der Waals surface area contributed by atoms with Crippen molar-refractivity contribution < 1.29 is 9.52 Å². The van der Waals surface area contributed by atoms with Gasteiger partial charge in [-0.3, -0.25) is 9.89 Å². The molecule has 2 atom stereocenters. The van der Waals surface area contributed by atoms with Crippen LogP contribution in [0.2, 0.25) is 0 Å². The first-order valence-corrected chi connectivity index (χ1v) is 9.15. The van der Waals surface area contributed by atoms with Crippen molar-refractivity contribution in [2.75, 3.05) is 39.3 Å². The molecule has 2 unspecified atom stereocenters. The first-order valence-electron chi connectivity index (χ1n) is 9.15. The lowest BCUT2D eigenvalue weighted by molar-refractivity contribution is 0.146. The van der Waals surface area contributed by atoms with Crippen LogP contribution in [-0.2, 0) is 0 Å². The molecule has 24 heavy (non-hydrogen) atoms. The molecular weight excluding hydrogens is 304 g/mol. The molecule has 1 aliphatic heterocycles. The quantitative estimate of drug-likeness (QED) is 0.500. The second kappa shape index (κ2) is 10.4. The number of aliphatic hydroxyl groups excluding tert-OH is 1. The number of aliphatic imine (C=N–C) groups is 1. The maximum Gasteiger partial charge on any atom is 0.191 e. The highest BCUT2D eigenvalue weighted by molar-refractivity contribution is 5.79. The van der Waals surface area contributed by atoms with E-state index in [1.165, 1.54) is 19.3 Å². The summed E-state index contributed by atoms with van der Waals surface area (Å²) in [6.45, 7) is 8.62. The molecule has 3 N–H and O–H groups in total. The van der Waals surface area contributed by atoms with Crippen LogP contribution in [0.4, 0.5) is 0 Å². The Morgan fingerprint density at radius 2 is 2.12 bits per heavy atom. The predicted molar refractivity (Wildman–Crippen MR) is 97.1 cm³/mol. The van der Waals surface area contributed by atoms with E-state index in [-0.39, 0.29) is 18.6 Å². The summed E-state index contributed by atoms with van der Waals surface area (Å²) in [6, 6.07) is 4.23. The summed E-state index contributed by atoms with van der Waals surface area (Å²) in [5.74, 6) is 1.97. The van der Waals surface area contributed by atoms with Gasteiger partial charge in [-0.1, -0.05) is 13.3 Å². The van der Waals surface area contributed by atoms with Crippen molar-refractivity contribution >= 4 is 5.96 Å². The molecule has 0 saturated carbocycles. The van der Waals surface area contributed by atoms with Gasteiger partial charge < -0.3 is 20.2 Å². The Labute approximate surface area is 145 Å². The lowest BCUT2D eigenvalue weighted by Gasteiger charge is -2.33. The third-order valence-electron chi connectivity index (χ3n) is 4.38. The smallest absolute Gasteiger partial charge is 0.191 e. The van der Waals surface area contributed by atoms with Gasteiger partial charge >= 0.3 is 0 Å². The van der Waals surface area contributed by atoms with Crippen LogP contribution < -0.4 is 10.6 Å². The Morgan fingerprint density at radius 1 is 1.33 bits per heavy atom. The standard InChI is InChI=1S/C18H32N4O2/c1-3-19-18(20-12-15(2)14-23)21-13-16(17-8-7-11-24-17)22-9-5-4-6-10-22/h7-8,11,15-16,23H,3-6,9-10,12-14H2,1-2H3,(H2,19,20,21). The van der Waals surface area contributed by atoms with Crippen molar-refractivity contribution in [1.82, 2.24) is 15.5 Å². The SMILES string of the molecule is CCNC(=NCC(C)CO)NCC(c1ccco1)N1CCCCC1. The molecule has 1 aromatic heterocycles. The number of hydrogen-bond donors (Lipinski definition) is 3. The van der Waals surface area contributed by atoms with Crippen LogP contribution in [0.5, 0.6) is 0 Å². The molecule has 6 heteroatoms. The van der Waals surface area contributed by atoms with E-state index < -0.39 is 0 Å². The van der Waals surface area contributed by atoms with Crippen LogP contribution >= 0.6 is 0 Å². The second-order valence-corrected chi connectivity index (χ2v) is 6.52. The van der Waals surface area contributed by atoms with E-state index in [1.807, 2.05) is 13.0 Å². The Morgan fingerprint density at radius 3 is 2.75 bits per heavy atom. The predicted octanol–water partition coefficient (Wildman–Crippen LogP) is 1.99. The molecule has 0 amide bonds. The van der Waals surface area contributed by atoms with E-state index in [1.54, 1.807) is 6.26 Å². The van der Waals surface area contributed by atoms with E-state index in [0.717, 1.165) is 37.9 Å². The maximum atomic E-state index is 9.16. The van der Waals surface area contributed by atoms with Gasteiger partial charge in [0.25, 0.3) is 0 Å². The fourth-order valence-electron chi connectivity index (χ4n) is 2.96. The summed E-state index contributed by atoms with van der Waals surface area (Å²) >= 11 is 0. The molecule has 0 spiro atoms. The molecule has 0 radical (unpaired) electrons. The second-order valence-electron chi connectivity index (χ2n) is 6.52. The monoisotopic (exact) mass is 336 g/mol. The highest BCUT2D eigenvalue weighted by Gasteiger charge is 2.24. The maximum absolute atomic E-state index is 9.16. The summed E-state index contributed by atoms with van der Waals surface area (Å²) in [5.41, 5.74) is 0. The van der Waals surface area contributed by atoms with Crippen LogP contribution in [0.25, 0.3) is 0 Å². The third-order valence-corrected chi connectivity index (χ3v) is 4.38. The highest BCUT2D eigenvalue weighted by Crippen LogP contribution is 2.24. The van der Waals surface area contributed by atoms with Crippen molar-refractivity contribution in [3.63, 3.8) is 0 Å². The van der Waals surface area contributed by atoms with Crippen LogP contribution in [0.15, 0.2) is 27.8 Å². The molecule has 6 nitrogen and oxygen atoms in total. The van der Waals surface area contributed by atoms with Gasteiger partial charge in [0.05, 0.1) is 12.3 Å². The van der Waals surface area contributed by atoms with Crippen LogP contribution in [0.3, 0.4) is 0 Å². The van der Waals surface area contributed by atoms with Crippen LogP contribution in [-0.4, -0.2) is 55.3 Å². The highest BCUT2D eigenvalue weighted by atomic mass is 16.3. The number of furan rings is 1. The van der Waals surface area contributed by atoms with E-state index in [0.29, 0.717) is 6.54 Å². The van der Waals surface area contributed by atoms with Crippen molar-refractivity contribution in [3.05, 3.63) is 24.2 Å². The number of piperidine rings is 1. The van der Waals surface area contributed by atoms with E-state index in [4.69, 9.17) is 9.52 Å². The Kier molecular flexibility index (Phi) is 8.12. The van der Waals surface area contributed by atoms with Gasteiger partial charge in [0.15, 0.2) is 5.96 Å². The summed E-state index contributed by atoms with van der Waals surface area (Å²) in [6.07, 6.45) is 5.56. The van der Waals surface area contributed by atoms with Crippen molar-refractivity contribution in [3.8, 4) is 0 Å². The largest absolute Gasteiger partial charge is 0.468 e. The first-order chi connectivity index (χ1) is 11.7. The fourth-order valence-corrected chi connectivity index (χ4v) is 2.96. The number of aliphatic hydroxyl groups is 1. The number of nitrogens with zero attached hydrogens (tertiary/aromatic N) is 2. The Bertz CT molecular complexity index is 469. The average Bonchev–Trinajstić information content (AvgIpc) is 3.14. The molecule has 1 fully saturated rings. The van der Waals surface area contributed by atoms with Gasteiger partial charge in [0.2, 0.25) is 0 Å². The lowest BCUT2D eigenvalue weighted by atomic mass is 10.1. The number of likely N-dealkylation sites (tertiary alicyclic amines) is 1. The first kappa shape index (κ1) is 18.8. The van der Waals surface area contributed by atoms with Gasteiger partial charge in [-0.15, -0.1) is 0 Å². The lowest BCUT2D eigenvalue weighted by Crippen LogP contribution is -2.44. The molecule has 1 aliphatic rings. The molecule has 136 valence electrons. The van der Waals surface area contributed by atoms with Gasteiger partial charge in [-0.25, -0.2) is 0 Å². The Balaban J connectivity index is 1.99. The number of guanidine groups is 1. The molecule has 2 heterocycles. The van der Waals surface area contributed by atoms with Crippen molar-refractivity contribution in [2.24, 2.45) is 10.9 Å². The van der Waals surface area contributed by atoms with Gasteiger partial charge in [0, 0.05) is 26.2 Å². The number of hydrogen-bond acceptors (Lipinski definition) is 4. The topological polar surface area (TPSA) is 73.0 Å². The van der Waals surface area contributed by atoms with Gasteiger partial charge in [0.1, 0.15) is 5.76 Å². The van der Waals surface area contributed by atoms with Crippen molar-refractivity contribution in [2.45, 2.75) is 39.2 Å². The summed E-state index contributed by atoms with van der Waals surface area (Å²) in [4.78, 5) is 7.06. The zero-order valence-electron chi connectivity index (χ0n) is 15.0.